The van der Waals surface area contributed by atoms with Crippen molar-refractivity contribution in [2.45, 2.75) is 18.7 Å². The second kappa shape index (κ2) is 5.93. The fourth-order valence-corrected chi connectivity index (χ4v) is 2.47. The Bertz CT molecular complexity index is 612. The van der Waals surface area contributed by atoms with Gasteiger partial charge in [-0.2, -0.15) is 4.39 Å². The highest BCUT2D eigenvalue weighted by atomic mass is 32.2. The second-order valence-corrected chi connectivity index (χ2v) is 5.84. The summed E-state index contributed by atoms with van der Waals surface area (Å²) in [6, 6.07) is 14.4. The molecule has 2 rings (SSSR count). The monoisotopic (exact) mass is 274 g/mol. The fourth-order valence-electron chi connectivity index (χ4n) is 1.62. The number of halogens is 1. The summed E-state index contributed by atoms with van der Waals surface area (Å²) in [5.74, 6) is 0. The molecule has 1 atom stereocenters. The van der Waals surface area contributed by atoms with Crippen molar-refractivity contribution in [2.75, 3.05) is 0 Å². The van der Waals surface area contributed by atoms with E-state index >= 15 is 0 Å². The van der Waals surface area contributed by atoms with E-state index in [1.807, 2.05) is 38.1 Å². The summed E-state index contributed by atoms with van der Waals surface area (Å²) in [5.41, 5.74) is 2.88. The average molecular weight is 274 g/mol. The van der Waals surface area contributed by atoms with Crippen molar-refractivity contribution in [3.8, 4) is 0 Å². The molecule has 0 bridgehead atoms. The first kappa shape index (κ1) is 13.7. The molecule has 1 unspecified atom stereocenters. The molecule has 2 aromatic carbocycles. The maximum atomic E-state index is 13.9. The maximum Gasteiger partial charge on any atom is 0.192 e. The molecule has 19 heavy (non-hydrogen) atoms. The Morgan fingerprint density at radius 3 is 1.95 bits per heavy atom. The Hall–Kier alpha value is -1.74. The Kier molecular flexibility index (Phi) is 4.27. The Morgan fingerprint density at radius 1 is 0.947 bits per heavy atom. The molecule has 0 fully saturated rings. The molecule has 0 amide bonds. The van der Waals surface area contributed by atoms with Crippen molar-refractivity contribution in [1.29, 1.82) is 0 Å². The zero-order chi connectivity index (χ0) is 13.8. The molecule has 0 saturated carbocycles. The third-order valence-corrected chi connectivity index (χ3v) is 3.94. The average Bonchev–Trinajstić information content (AvgIpc) is 2.41. The van der Waals surface area contributed by atoms with Crippen LogP contribution in [0.25, 0.3) is 6.08 Å². The van der Waals surface area contributed by atoms with Crippen LogP contribution in [0.5, 0.6) is 0 Å². The first-order chi connectivity index (χ1) is 9.06. The van der Waals surface area contributed by atoms with E-state index in [0.29, 0.717) is 10.5 Å². The van der Waals surface area contributed by atoms with Crippen LogP contribution in [0.1, 0.15) is 16.7 Å². The summed E-state index contributed by atoms with van der Waals surface area (Å²) in [6.07, 6.45) is 1.31. The van der Waals surface area contributed by atoms with Gasteiger partial charge in [-0.05, 0) is 37.6 Å². The summed E-state index contributed by atoms with van der Waals surface area (Å²) in [5, 5.41) is -0.632. The molecule has 0 radical (unpaired) electrons. The van der Waals surface area contributed by atoms with Crippen molar-refractivity contribution in [1.82, 2.24) is 0 Å². The van der Waals surface area contributed by atoms with Crippen molar-refractivity contribution >= 4 is 16.9 Å². The van der Waals surface area contributed by atoms with E-state index in [1.165, 1.54) is 6.08 Å². The van der Waals surface area contributed by atoms with E-state index < -0.39 is 16.0 Å². The predicted molar refractivity (Wildman–Crippen MR) is 77.9 cm³/mol. The van der Waals surface area contributed by atoms with Crippen LogP contribution in [0.4, 0.5) is 4.39 Å². The molecule has 0 N–H and O–H groups in total. The lowest BCUT2D eigenvalue weighted by Gasteiger charge is -2.01. The molecule has 0 saturated heterocycles. The zero-order valence-corrected chi connectivity index (χ0v) is 11.7. The summed E-state index contributed by atoms with van der Waals surface area (Å²) in [7, 11) is -1.75. The molecule has 3 heteroatoms. The second-order valence-electron chi connectivity index (χ2n) is 4.44. The van der Waals surface area contributed by atoms with Crippen LogP contribution in [0, 0.1) is 13.8 Å². The molecule has 98 valence electrons. The van der Waals surface area contributed by atoms with E-state index in [4.69, 9.17) is 0 Å². The van der Waals surface area contributed by atoms with Gasteiger partial charge in [0.15, 0.2) is 5.16 Å². The minimum absolute atomic E-state index is 0.478. The molecule has 0 aliphatic carbocycles. The van der Waals surface area contributed by atoms with Crippen LogP contribution >= 0.6 is 0 Å². The molecule has 0 heterocycles. The summed E-state index contributed by atoms with van der Waals surface area (Å²) < 4.78 is 25.9. The lowest BCUT2D eigenvalue weighted by molar-refractivity contribution is 0.653. The van der Waals surface area contributed by atoms with Gasteiger partial charge in [-0.1, -0.05) is 47.5 Å². The van der Waals surface area contributed by atoms with E-state index in [2.05, 4.69) is 0 Å². The number of aryl methyl sites for hydroxylation is 2. The van der Waals surface area contributed by atoms with E-state index in [-0.39, 0.29) is 0 Å². The van der Waals surface area contributed by atoms with Crippen LogP contribution in [-0.4, -0.2) is 4.21 Å². The quantitative estimate of drug-likeness (QED) is 0.811. The van der Waals surface area contributed by atoms with Crippen molar-refractivity contribution in [3.63, 3.8) is 0 Å². The summed E-state index contributed by atoms with van der Waals surface area (Å²) in [6.45, 7) is 3.90. The Balaban J connectivity index is 2.23. The molecule has 1 nitrogen and oxygen atoms in total. The highest BCUT2D eigenvalue weighted by molar-refractivity contribution is 7.89. The molecule has 0 aliphatic rings. The smallest absolute Gasteiger partial charge is 0.192 e. The molecular weight excluding hydrogens is 259 g/mol. The van der Waals surface area contributed by atoms with Gasteiger partial charge < -0.3 is 0 Å². The van der Waals surface area contributed by atoms with Crippen molar-refractivity contribution in [2.24, 2.45) is 0 Å². The van der Waals surface area contributed by atoms with Gasteiger partial charge in [0.2, 0.25) is 0 Å². The Morgan fingerprint density at radius 2 is 1.42 bits per heavy atom. The van der Waals surface area contributed by atoms with Gasteiger partial charge in [-0.15, -0.1) is 0 Å². The highest BCUT2D eigenvalue weighted by Gasteiger charge is 2.09. The predicted octanol–water partition coefficient (Wildman–Crippen LogP) is 4.38. The third-order valence-electron chi connectivity index (χ3n) is 2.77. The van der Waals surface area contributed by atoms with Crippen LogP contribution < -0.4 is 0 Å². The third kappa shape index (κ3) is 3.61. The minimum atomic E-state index is -1.75. The first-order valence-electron chi connectivity index (χ1n) is 5.98. The van der Waals surface area contributed by atoms with E-state index in [9.17, 15) is 8.60 Å². The van der Waals surface area contributed by atoms with Crippen LogP contribution in [-0.2, 0) is 10.8 Å². The van der Waals surface area contributed by atoms with Crippen LogP contribution in [0.3, 0.4) is 0 Å². The molecule has 2 aromatic rings. The largest absolute Gasteiger partial charge is 0.247 e. The highest BCUT2D eigenvalue weighted by Crippen LogP contribution is 2.19. The van der Waals surface area contributed by atoms with Gasteiger partial charge in [-0.25, -0.2) is 4.21 Å². The van der Waals surface area contributed by atoms with Crippen LogP contribution in [0.2, 0.25) is 0 Å². The number of rotatable bonds is 3. The lowest BCUT2D eigenvalue weighted by Crippen LogP contribution is -1.92. The van der Waals surface area contributed by atoms with Gasteiger partial charge in [0.25, 0.3) is 0 Å². The van der Waals surface area contributed by atoms with E-state index in [0.717, 1.165) is 11.1 Å². The maximum absolute atomic E-state index is 13.9. The minimum Gasteiger partial charge on any atom is -0.247 e. The number of benzene rings is 2. The number of hydrogen-bond donors (Lipinski definition) is 0. The van der Waals surface area contributed by atoms with Crippen LogP contribution in [0.15, 0.2) is 58.6 Å². The molecule has 0 spiro atoms. The fraction of sp³-hybridized carbons (Fsp3) is 0.125. The summed E-state index contributed by atoms with van der Waals surface area (Å²) in [4.78, 5) is 0.478. The topological polar surface area (TPSA) is 17.1 Å². The van der Waals surface area contributed by atoms with Crippen molar-refractivity contribution in [3.05, 3.63) is 70.4 Å². The van der Waals surface area contributed by atoms with Gasteiger partial charge in [0.1, 0.15) is 10.8 Å². The van der Waals surface area contributed by atoms with Gasteiger partial charge >= 0.3 is 0 Å². The van der Waals surface area contributed by atoms with Gasteiger partial charge in [0, 0.05) is 4.90 Å². The van der Waals surface area contributed by atoms with Gasteiger partial charge in [-0.3, -0.25) is 0 Å². The molecular formula is C16H15FOS. The first-order valence-corrected chi connectivity index (χ1v) is 7.13. The number of hydrogen-bond acceptors (Lipinski definition) is 1. The standard InChI is InChI=1S/C16H15FOS/c1-12-3-7-14(8-4-12)11-16(17)19(18)15-9-5-13(2)6-10-15/h3-11H,1-2H3/b16-11-. The Labute approximate surface area is 115 Å². The lowest BCUT2D eigenvalue weighted by atomic mass is 10.1. The normalized spacial score (nSPS) is 13.3. The van der Waals surface area contributed by atoms with Crippen molar-refractivity contribution < 1.29 is 8.60 Å². The zero-order valence-electron chi connectivity index (χ0n) is 10.9. The molecule has 0 aliphatic heterocycles. The summed E-state index contributed by atoms with van der Waals surface area (Å²) >= 11 is 0. The molecule has 0 aromatic heterocycles. The SMILES string of the molecule is Cc1ccc(/C=C(/F)S(=O)c2ccc(C)cc2)cc1. The van der Waals surface area contributed by atoms with E-state index in [1.54, 1.807) is 24.3 Å². The van der Waals surface area contributed by atoms with Gasteiger partial charge in [0.05, 0.1) is 0 Å².